The first-order valence-electron chi connectivity index (χ1n) is 7.29. The maximum absolute atomic E-state index is 13.5. The zero-order valence-corrected chi connectivity index (χ0v) is 13.6. The Morgan fingerprint density at radius 2 is 2.14 bits per heavy atom. The van der Waals surface area contributed by atoms with Crippen molar-refractivity contribution in [3.63, 3.8) is 0 Å². The number of nitrogens with one attached hydrogen (secondary N) is 1. The molecule has 1 unspecified atom stereocenters. The second-order valence-electron chi connectivity index (χ2n) is 5.94. The van der Waals surface area contributed by atoms with Gasteiger partial charge in [-0.3, -0.25) is 0 Å². The Hall–Kier alpha value is -0.980. The van der Waals surface area contributed by atoms with Gasteiger partial charge < -0.3 is 5.32 Å². The molecule has 1 saturated heterocycles. The number of sulfonamides is 1. The summed E-state index contributed by atoms with van der Waals surface area (Å²) in [5.74, 6) is 0.309. The molecule has 0 aromatic heterocycles. The first-order chi connectivity index (χ1) is 9.86. The zero-order valence-electron chi connectivity index (χ0n) is 12.8. The summed E-state index contributed by atoms with van der Waals surface area (Å²) in [6.45, 7) is 5.65. The molecule has 1 N–H and O–H groups in total. The average molecular weight is 314 g/mol. The van der Waals surface area contributed by atoms with Crippen LogP contribution in [-0.4, -0.2) is 32.9 Å². The molecule has 118 valence electrons. The number of hydrogen-bond donors (Lipinski definition) is 1. The molecule has 0 bridgehead atoms. The Bertz CT molecular complexity index is 602. The Balaban J connectivity index is 2.34. The first-order valence-corrected chi connectivity index (χ1v) is 8.73. The van der Waals surface area contributed by atoms with Gasteiger partial charge in [-0.2, -0.15) is 4.31 Å². The SMILES string of the molecule is CNCc1ccc(F)cc1S(=O)(=O)N1CCC(C(C)C)C1. The van der Waals surface area contributed by atoms with Gasteiger partial charge in [-0.15, -0.1) is 0 Å². The molecule has 1 atom stereocenters. The van der Waals surface area contributed by atoms with Crippen LogP contribution in [0.15, 0.2) is 23.1 Å². The van der Waals surface area contributed by atoms with Gasteiger partial charge in [0.25, 0.3) is 0 Å². The van der Waals surface area contributed by atoms with Crippen molar-refractivity contribution in [2.45, 2.75) is 31.7 Å². The Kier molecular flexibility index (Phi) is 5.01. The predicted molar refractivity (Wildman–Crippen MR) is 80.9 cm³/mol. The lowest BCUT2D eigenvalue weighted by molar-refractivity contribution is 0.388. The number of rotatable bonds is 5. The van der Waals surface area contributed by atoms with Gasteiger partial charge in [-0.1, -0.05) is 19.9 Å². The quantitative estimate of drug-likeness (QED) is 0.906. The molecular weight excluding hydrogens is 291 g/mol. The monoisotopic (exact) mass is 314 g/mol. The standard InChI is InChI=1S/C15H23FN2O2S/c1-11(2)13-6-7-18(10-13)21(19,20)15-8-14(16)5-4-12(15)9-17-3/h4-5,8,11,13,17H,6-7,9-10H2,1-3H3. The third-order valence-corrected chi connectivity index (χ3v) is 6.09. The largest absolute Gasteiger partial charge is 0.316 e. The second kappa shape index (κ2) is 6.42. The van der Waals surface area contributed by atoms with E-state index in [1.165, 1.54) is 16.4 Å². The van der Waals surface area contributed by atoms with E-state index in [0.29, 0.717) is 37.0 Å². The van der Waals surface area contributed by atoms with Gasteiger partial charge in [0.15, 0.2) is 0 Å². The highest BCUT2D eigenvalue weighted by atomic mass is 32.2. The molecule has 1 fully saturated rings. The number of hydrogen-bond acceptors (Lipinski definition) is 3. The molecule has 0 saturated carbocycles. The van der Waals surface area contributed by atoms with Crippen molar-refractivity contribution in [2.24, 2.45) is 11.8 Å². The lowest BCUT2D eigenvalue weighted by Gasteiger charge is -2.20. The minimum atomic E-state index is -3.63. The molecule has 1 aliphatic rings. The van der Waals surface area contributed by atoms with Crippen molar-refractivity contribution < 1.29 is 12.8 Å². The van der Waals surface area contributed by atoms with Crippen molar-refractivity contribution in [3.05, 3.63) is 29.6 Å². The van der Waals surface area contributed by atoms with Crippen LogP contribution in [-0.2, 0) is 16.6 Å². The third-order valence-electron chi connectivity index (χ3n) is 4.14. The molecule has 0 spiro atoms. The smallest absolute Gasteiger partial charge is 0.243 e. The van der Waals surface area contributed by atoms with E-state index in [2.05, 4.69) is 19.2 Å². The fourth-order valence-corrected chi connectivity index (χ4v) is 4.51. The van der Waals surface area contributed by atoms with E-state index in [4.69, 9.17) is 0 Å². The van der Waals surface area contributed by atoms with Crippen LogP contribution in [0, 0.1) is 17.7 Å². The van der Waals surface area contributed by atoms with E-state index >= 15 is 0 Å². The fraction of sp³-hybridized carbons (Fsp3) is 0.600. The maximum Gasteiger partial charge on any atom is 0.243 e. The van der Waals surface area contributed by atoms with Crippen LogP contribution in [0.25, 0.3) is 0 Å². The molecule has 0 aliphatic carbocycles. The van der Waals surface area contributed by atoms with Crippen LogP contribution < -0.4 is 5.32 Å². The molecule has 1 aliphatic heterocycles. The highest BCUT2D eigenvalue weighted by Crippen LogP contribution is 2.30. The number of halogens is 1. The summed E-state index contributed by atoms with van der Waals surface area (Å²) in [4.78, 5) is 0.0845. The van der Waals surface area contributed by atoms with Gasteiger partial charge in [0, 0.05) is 19.6 Å². The molecule has 0 radical (unpaired) electrons. The minimum Gasteiger partial charge on any atom is -0.316 e. The molecule has 4 nitrogen and oxygen atoms in total. The highest BCUT2D eigenvalue weighted by molar-refractivity contribution is 7.89. The molecule has 21 heavy (non-hydrogen) atoms. The summed E-state index contributed by atoms with van der Waals surface area (Å²) < 4.78 is 40.6. The molecule has 0 amide bonds. The van der Waals surface area contributed by atoms with Crippen LogP contribution in [0.5, 0.6) is 0 Å². The highest BCUT2D eigenvalue weighted by Gasteiger charge is 2.34. The zero-order chi connectivity index (χ0) is 15.6. The summed E-state index contributed by atoms with van der Waals surface area (Å²) in [5.41, 5.74) is 0.604. The van der Waals surface area contributed by atoms with Crippen LogP contribution in [0.3, 0.4) is 0 Å². The van der Waals surface area contributed by atoms with E-state index in [1.54, 1.807) is 7.05 Å². The van der Waals surface area contributed by atoms with Gasteiger partial charge in [-0.25, -0.2) is 12.8 Å². The topological polar surface area (TPSA) is 49.4 Å². The van der Waals surface area contributed by atoms with Crippen LogP contribution in [0.2, 0.25) is 0 Å². The predicted octanol–water partition coefficient (Wildman–Crippen LogP) is 2.21. The number of benzene rings is 1. The second-order valence-corrected chi connectivity index (χ2v) is 7.84. The first kappa shape index (κ1) is 16.4. The summed E-state index contributed by atoms with van der Waals surface area (Å²) in [6, 6.07) is 3.96. The van der Waals surface area contributed by atoms with E-state index in [1.807, 2.05) is 0 Å². The molecule has 2 rings (SSSR count). The lowest BCUT2D eigenvalue weighted by Crippen LogP contribution is -2.30. The van der Waals surface area contributed by atoms with Gasteiger partial charge in [0.1, 0.15) is 5.82 Å². The summed E-state index contributed by atoms with van der Waals surface area (Å²) in [7, 11) is -1.89. The van der Waals surface area contributed by atoms with Crippen molar-refractivity contribution in [2.75, 3.05) is 20.1 Å². The Labute approximate surface area is 126 Å². The van der Waals surface area contributed by atoms with E-state index in [-0.39, 0.29) is 4.90 Å². The summed E-state index contributed by atoms with van der Waals surface area (Å²) in [5, 5.41) is 2.93. The van der Waals surface area contributed by atoms with Gasteiger partial charge in [0.05, 0.1) is 4.90 Å². The van der Waals surface area contributed by atoms with E-state index < -0.39 is 15.8 Å². The van der Waals surface area contributed by atoms with Gasteiger partial charge in [0.2, 0.25) is 10.0 Å². The summed E-state index contributed by atoms with van der Waals surface area (Å²) in [6.07, 6.45) is 0.869. The van der Waals surface area contributed by atoms with Gasteiger partial charge in [-0.05, 0) is 43.0 Å². The van der Waals surface area contributed by atoms with E-state index in [0.717, 1.165) is 12.5 Å². The van der Waals surface area contributed by atoms with Crippen molar-refractivity contribution in [3.8, 4) is 0 Å². The Morgan fingerprint density at radius 1 is 1.43 bits per heavy atom. The van der Waals surface area contributed by atoms with Crippen molar-refractivity contribution >= 4 is 10.0 Å². The summed E-state index contributed by atoms with van der Waals surface area (Å²) >= 11 is 0. The molecular formula is C15H23FN2O2S. The molecule has 6 heteroatoms. The van der Waals surface area contributed by atoms with Crippen LogP contribution in [0.1, 0.15) is 25.8 Å². The molecule has 1 aromatic rings. The van der Waals surface area contributed by atoms with E-state index in [9.17, 15) is 12.8 Å². The van der Waals surface area contributed by atoms with Gasteiger partial charge >= 0.3 is 0 Å². The lowest BCUT2D eigenvalue weighted by atomic mass is 9.96. The minimum absolute atomic E-state index is 0.0845. The molecule has 1 heterocycles. The van der Waals surface area contributed by atoms with Crippen LogP contribution in [0.4, 0.5) is 4.39 Å². The van der Waals surface area contributed by atoms with Crippen molar-refractivity contribution in [1.82, 2.24) is 9.62 Å². The number of nitrogens with zero attached hydrogens (tertiary/aromatic N) is 1. The van der Waals surface area contributed by atoms with Crippen LogP contribution >= 0.6 is 0 Å². The normalized spacial score (nSPS) is 20.3. The fourth-order valence-electron chi connectivity index (χ4n) is 2.76. The third kappa shape index (κ3) is 3.44. The van der Waals surface area contributed by atoms with Crippen molar-refractivity contribution in [1.29, 1.82) is 0 Å². The molecule has 1 aromatic carbocycles. The maximum atomic E-state index is 13.5. The Morgan fingerprint density at radius 3 is 2.71 bits per heavy atom. The average Bonchev–Trinajstić information content (AvgIpc) is 2.91.